The summed E-state index contributed by atoms with van der Waals surface area (Å²) in [6, 6.07) is 25.4. The summed E-state index contributed by atoms with van der Waals surface area (Å²) in [6.45, 7) is 8.78. The number of Topliss-reactive ketones (excluding diaryl/α,β-unsaturated/α-hetero) is 1. The molecule has 0 saturated heterocycles. The van der Waals surface area contributed by atoms with E-state index >= 15 is 0 Å². The fourth-order valence-corrected chi connectivity index (χ4v) is 4.99. The molecule has 3 nitrogen and oxygen atoms in total. The smallest absolute Gasteiger partial charge is 0.163 e. The lowest BCUT2D eigenvalue weighted by molar-refractivity contribution is -0.116. The van der Waals surface area contributed by atoms with E-state index in [4.69, 9.17) is 0 Å². The van der Waals surface area contributed by atoms with Crippen LogP contribution in [0.3, 0.4) is 0 Å². The number of para-hydroxylation sites is 2. The van der Waals surface area contributed by atoms with E-state index in [1.807, 2.05) is 12.1 Å². The van der Waals surface area contributed by atoms with Gasteiger partial charge in [0.05, 0.1) is 17.4 Å². The number of hydrogen-bond acceptors (Lipinski definition) is 3. The molecular weight excluding hydrogens is 404 g/mol. The zero-order valence-corrected chi connectivity index (χ0v) is 19.9. The fraction of sp³-hybridized carbons (Fsp3) is 0.300. The summed E-state index contributed by atoms with van der Waals surface area (Å²) < 4.78 is 0. The molecule has 1 heterocycles. The molecule has 0 spiro atoms. The van der Waals surface area contributed by atoms with Crippen molar-refractivity contribution in [1.82, 2.24) is 0 Å². The van der Waals surface area contributed by atoms with E-state index in [-0.39, 0.29) is 23.2 Å². The minimum atomic E-state index is -0.159. The standard InChI is InChI=1S/C30H32N2O/c1-19-9-11-21(12-10-19)29-28-26(31-24-7-5-6-8-25(24)32-29)17-22(18-27(28)33)20-13-15-23(16-14-20)30(2,3)4/h5-16,22,29,31-32H,17-18H2,1-4H3. The largest absolute Gasteiger partial charge is 0.372 e. The van der Waals surface area contributed by atoms with Crippen LogP contribution in [0.2, 0.25) is 0 Å². The van der Waals surface area contributed by atoms with Crippen LogP contribution in [0.15, 0.2) is 84.1 Å². The molecule has 168 valence electrons. The van der Waals surface area contributed by atoms with Crippen molar-refractivity contribution < 1.29 is 4.79 Å². The average Bonchev–Trinajstić information content (AvgIpc) is 2.96. The predicted octanol–water partition coefficient (Wildman–Crippen LogP) is 7.27. The molecule has 2 unspecified atom stereocenters. The van der Waals surface area contributed by atoms with Crippen LogP contribution >= 0.6 is 0 Å². The molecule has 2 N–H and O–H groups in total. The fourth-order valence-electron chi connectivity index (χ4n) is 4.99. The van der Waals surface area contributed by atoms with Gasteiger partial charge in [0.15, 0.2) is 5.78 Å². The normalized spacial score (nSPS) is 20.3. The lowest BCUT2D eigenvalue weighted by atomic mass is 9.77. The van der Waals surface area contributed by atoms with Crippen LogP contribution in [-0.2, 0) is 10.2 Å². The van der Waals surface area contributed by atoms with E-state index in [1.54, 1.807) is 0 Å². The Morgan fingerprint density at radius 1 is 0.788 bits per heavy atom. The number of hydrogen-bond donors (Lipinski definition) is 2. The molecule has 0 radical (unpaired) electrons. The second-order valence-electron chi connectivity index (χ2n) is 10.5. The summed E-state index contributed by atoms with van der Waals surface area (Å²) in [7, 11) is 0. The molecule has 0 aromatic heterocycles. The van der Waals surface area contributed by atoms with Crippen molar-refractivity contribution in [3.63, 3.8) is 0 Å². The molecule has 0 bridgehead atoms. The van der Waals surface area contributed by atoms with Gasteiger partial charge in [-0.3, -0.25) is 4.79 Å². The number of rotatable bonds is 2. The number of nitrogens with one attached hydrogen (secondary N) is 2. The van der Waals surface area contributed by atoms with Gasteiger partial charge in [-0.2, -0.15) is 0 Å². The molecule has 33 heavy (non-hydrogen) atoms. The van der Waals surface area contributed by atoms with Gasteiger partial charge in [-0.15, -0.1) is 0 Å². The van der Waals surface area contributed by atoms with Crippen LogP contribution in [0.1, 0.15) is 67.8 Å². The first-order chi connectivity index (χ1) is 15.8. The van der Waals surface area contributed by atoms with E-state index in [0.717, 1.165) is 34.6 Å². The van der Waals surface area contributed by atoms with Gasteiger partial charge in [0.1, 0.15) is 0 Å². The monoisotopic (exact) mass is 436 g/mol. The summed E-state index contributed by atoms with van der Waals surface area (Å²) in [5.41, 5.74) is 8.97. The van der Waals surface area contributed by atoms with Crippen molar-refractivity contribution >= 4 is 17.2 Å². The number of benzene rings is 3. The summed E-state index contributed by atoms with van der Waals surface area (Å²) in [4.78, 5) is 13.7. The van der Waals surface area contributed by atoms with Crippen LogP contribution in [-0.4, -0.2) is 5.78 Å². The van der Waals surface area contributed by atoms with Crippen LogP contribution < -0.4 is 10.6 Å². The molecule has 3 heteroatoms. The minimum absolute atomic E-state index is 0.121. The molecule has 3 aromatic rings. The van der Waals surface area contributed by atoms with Gasteiger partial charge in [-0.1, -0.05) is 87.0 Å². The van der Waals surface area contributed by atoms with E-state index in [9.17, 15) is 4.79 Å². The summed E-state index contributed by atoms with van der Waals surface area (Å²) in [5.74, 6) is 0.404. The first kappa shape index (κ1) is 21.5. The molecule has 0 saturated carbocycles. The number of anilines is 2. The highest BCUT2D eigenvalue weighted by Gasteiger charge is 2.36. The molecule has 3 aromatic carbocycles. The van der Waals surface area contributed by atoms with Crippen LogP contribution in [0.4, 0.5) is 11.4 Å². The maximum atomic E-state index is 13.7. The molecule has 1 aliphatic heterocycles. The van der Waals surface area contributed by atoms with Crippen molar-refractivity contribution in [1.29, 1.82) is 0 Å². The van der Waals surface area contributed by atoms with Crippen LogP contribution in [0.25, 0.3) is 0 Å². The minimum Gasteiger partial charge on any atom is -0.372 e. The Morgan fingerprint density at radius 2 is 1.42 bits per heavy atom. The summed E-state index contributed by atoms with van der Waals surface area (Å²) >= 11 is 0. The Hall–Kier alpha value is -3.33. The lowest BCUT2D eigenvalue weighted by Crippen LogP contribution is -2.27. The highest BCUT2D eigenvalue weighted by Crippen LogP contribution is 2.44. The van der Waals surface area contributed by atoms with E-state index < -0.39 is 0 Å². The van der Waals surface area contributed by atoms with E-state index in [2.05, 4.69) is 99.0 Å². The van der Waals surface area contributed by atoms with E-state index in [0.29, 0.717) is 6.42 Å². The van der Waals surface area contributed by atoms with Gasteiger partial charge in [-0.05, 0) is 53.5 Å². The van der Waals surface area contributed by atoms with Crippen molar-refractivity contribution in [2.75, 3.05) is 10.6 Å². The number of fused-ring (bicyclic) bond motifs is 1. The zero-order valence-electron chi connectivity index (χ0n) is 19.9. The summed E-state index contributed by atoms with van der Waals surface area (Å²) in [6.07, 6.45) is 1.37. The number of carbonyl (C=O) groups is 1. The van der Waals surface area contributed by atoms with Gasteiger partial charge in [0, 0.05) is 17.7 Å². The zero-order chi connectivity index (χ0) is 23.2. The van der Waals surface area contributed by atoms with Gasteiger partial charge in [-0.25, -0.2) is 0 Å². The second-order valence-corrected chi connectivity index (χ2v) is 10.5. The van der Waals surface area contributed by atoms with Gasteiger partial charge >= 0.3 is 0 Å². The number of aryl methyl sites for hydroxylation is 1. The van der Waals surface area contributed by atoms with Crippen molar-refractivity contribution in [3.8, 4) is 0 Å². The molecule has 0 amide bonds. The van der Waals surface area contributed by atoms with Gasteiger partial charge < -0.3 is 10.6 Å². The number of allylic oxidation sites excluding steroid dienone is 1. The maximum absolute atomic E-state index is 13.7. The molecule has 2 aliphatic rings. The lowest BCUT2D eigenvalue weighted by Gasteiger charge is -2.30. The Labute approximate surface area is 196 Å². The SMILES string of the molecule is Cc1ccc(C2Nc3ccccc3NC3=C2C(=O)CC(c2ccc(C(C)(C)C)cc2)C3)cc1. The highest BCUT2D eigenvalue weighted by molar-refractivity contribution is 6.01. The van der Waals surface area contributed by atoms with Crippen LogP contribution in [0, 0.1) is 6.92 Å². The Balaban J connectivity index is 1.54. The molecule has 5 rings (SSSR count). The van der Waals surface area contributed by atoms with Crippen molar-refractivity contribution in [2.24, 2.45) is 0 Å². The van der Waals surface area contributed by atoms with Crippen molar-refractivity contribution in [2.45, 2.75) is 57.9 Å². The number of ketones is 1. The third-order valence-corrected chi connectivity index (χ3v) is 6.97. The molecule has 0 fully saturated rings. The predicted molar refractivity (Wildman–Crippen MR) is 137 cm³/mol. The Morgan fingerprint density at radius 3 is 2.09 bits per heavy atom. The first-order valence-electron chi connectivity index (χ1n) is 11.9. The molecular formula is C30H32N2O. The number of carbonyl (C=O) groups excluding carboxylic acids is 1. The maximum Gasteiger partial charge on any atom is 0.163 e. The average molecular weight is 437 g/mol. The first-order valence-corrected chi connectivity index (χ1v) is 11.9. The van der Waals surface area contributed by atoms with Gasteiger partial charge in [0.2, 0.25) is 0 Å². The molecule has 1 aliphatic carbocycles. The topological polar surface area (TPSA) is 41.1 Å². The Kier molecular flexibility index (Phi) is 5.36. The second kappa shape index (κ2) is 8.22. The quantitative estimate of drug-likeness (QED) is 0.444. The van der Waals surface area contributed by atoms with Crippen molar-refractivity contribution in [3.05, 3.63) is 106 Å². The molecule has 2 atom stereocenters. The van der Waals surface area contributed by atoms with Crippen LogP contribution in [0.5, 0.6) is 0 Å². The van der Waals surface area contributed by atoms with Gasteiger partial charge in [0.25, 0.3) is 0 Å². The third-order valence-electron chi connectivity index (χ3n) is 6.97. The summed E-state index contributed by atoms with van der Waals surface area (Å²) in [5, 5.41) is 7.30. The Bertz CT molecular complexity index is 1210. The van der Waals surface area contributed by atoms with E-state index in [1.165, 1.54) is 16.7 Å². The highest BCUT2D eigenvalue weighted by atomic mass is 16.1. The third kappa shape index (κ3) is 4.20.